The van der Waals surface area contributed by atoms with Gasteiger partial charge in [0.2, 0.25) is 0 Å². The van der Waals surface area contributed by atoms with Crippen LogP contribution in [0.2, 0.25) is 0 Å². The Labute approximate surface area is 117 Å². The highest BCUT2D eigenvalue weighted by Crippen LogP contribution is 2.22. The molecule has 1 aromatic carbocycles. The van der Waals surface area contributed by atoms with E-state index in [1.807, 2.05) is 24.3 Å². The van der Waals surface area contributed by atoms with E-state index < -0.39 is 0 Å². The number of nitrogens with zero attached hydrogens (tertiary/aromatic N) is 1. The van der Waals surface area contributed by atoms with Crippen molar-refractivity contribution in [3.63, 3.8) is 0 Å². The molecule has 0 atom stereocenters. The van der Waals surface area contributed by atoms with Crippen LogP contribution >= 0.6 is 0 Å². The Morgan fingerprint density at radius 2 is 2.10 bits per heavy atom. The summed E-state index contributed by atoms with van der Waals surface area (Å²) in [5, 5.41) is 9.97. The van der Waals surface area contributed by atoms with E-state index in [2.05, 4.69) is 15.5 Å². The molecule has 0 spiro atoms. The molecular formula is C15H17N3O2. The first kappa shape index (κ1) is 12.7. The Balaban J connectivity index is 1.73. The van der Waals surface area contributed by atoms with Crippen molar-refractivity contribution in [1.82, 2.24) is 15.5 Å². The number of carbonyl (C=O) groups is 1. The molecule has 0 unspecified atom stereocenters. The Bertz CT molecular complexity index is 600. The molecule has 1 heterocycles. The fraction of sp³-hybridized carbons (Fsp3) is 0.333. The molecule has 104 valence electrons. The van der Waals surface area contributed by atoms with Crippen LogP contribution in [0.4, 0.5) is 0 Å². The van der Waals surface area contributed by atoms with Gasteiger partial charge in [0.05, 0.1) is 12.8 Å². The van der Waals surface area contributed by atoms with Gasteiger partial charge >= 0.3 is 0 Å². The Kier molecular flexibility index (Phi) is 3.41. The highest BCUT2D eigenvalue weighted by molar-refractivity contribution is 5.93. The summed E-state index contributed by atoms with van der Waals surface area (Å²) in [6.07, 6.45) is 3.35. The van der Waals surface area contributed by atoms with Crippen LogP contribution < -0.4 is 10.1 Å². The lowest BCUT2D eigenvalue weighted by atomic mass is 9.93. The van der Waals surface area contributed by atoms with Crippen molar-refractivity contribution in [2.45, 2.75) is 25.3 Å². The molecule has 1 aliphatic rings. The van der Waals surface area contributed by atoms with Crippen LogP contribution in [0.25, 0.3) is 11.3 Å². The van der Waals surface area contributed by atoms with Crippen molar-refractivity contribution < 1.29 is 9.53 Å². The van der Waals surface area contributed by atoms with Gasteiger partial charge in [-0.05, 0) is 49.6 Å². The maximum atomic E-state index is 12.0. The largest absolute Gasteiger partial charge is 0.497 e. The molecule has 5 heteroatoms. The summed E-state index contributed by atoms with van der Waals surface area (Å²) in [5.74, 6) is 0.717. The summed E-state index contributed by atoms with van der Waals surface area (Å²) in [6, 6.07) is 9.69. The zero-order chi connectivity index (χ0) is 13.9. The zero-order valence-electron chi connectivity index (χ0n) is 11.3. The molecule has 2 N–H and O–H groups in total. The molecular weight excluding hydrogens is 254 g/mol. The molecule has 1 fully saturated rings. The molecule has 2 aromatic rings. The van der Waals surface area contributed by atoms with Gasteiger partial charge in [-0.25, -0.2) is 0 Å². The number of H-pyrrole nitrogens is 1. The van der Waals surface area contributed by atoms with E-state index in [4.69, 9.17) is 4.74 Å². The summed E-state index contributed by atoms with van der Waals surface area (Å²) >= 11 is 0. The number of ether oxygens (including phenoxy) is 1. The van der Waals surface area contributed by atoms with Crippen LogP contribution in [-0.2, 0) is 0 Å². The maximum Gasteiger partial charge on any atom is 0.269 e. The van der Waals surface area contributed by atoms with Crippen molar-refractivity contribution in [3.8, 4) is 17.0 Å². The molecule has 0 bridgehead atoms. The Morgan fingerprint density at radius 3 is 2.70 bits per heavy atom. The maximum absolute atomic E-state index is 12.0. The molecule has 1 aromatic heterocycles. The van der Waals surface area contributed by atoms with E-state index >= 15 is 0 Å². The van der Waals surface area contributed by atoms with Gasteiger partial charge in [-0.2, -0.15) is 5.10 Å². The normalized spacial score (nSPS) is 14.7. The number of hydrogen-bond donors (Lipinski definition) is 2. The summed E-state index contributed by atoms with van der Waals surface area (Å²) in [4.78, 5) is 12.0. The van der Waals surface area contributed by atoms with Crippen LogP contribution in [0.1, 0.15) is 29.8 Å². The smallest absolute Gasteiger partial charge is 0.269 e. The highest BCUT2D eigenvalue weighted by Gasteiger charge is 2.21. The Morgan fingerprint density at radius 1 is 1.35 bits per heavy atom. The van der Waals surface area contributed by atoms with Gasteiger partial charge in [-0.15, -0.1) is 0 Å². The van der Waals surface area contributed by atoms with E-state index in [9.17, 15) is 4.79 Å². The second-order valence-corrected chi connectivity index (χ2v) is 5.00. The first-order valence-electron chi connectivity index (χ1n) is 6.77. The number of aromatic nitrogens is 2. The minimum atomic E-state index is -0.0815. The molecule has 0 aliphatic heterocycles. The third-order valence-corrected chi connectivity index (χ3v) is 3.65. The van der Waals surface area contributed by atoms with Crippen molar-refractivity contribution in [2.75, 3.05) is 7.11 Å². The van der Waals surface area contributed by atoms with Gasteiger partial charge < -0.3 is 10.1 Å². The molecule has 0 radical (unpaired) electrons. The number of rotatable bonds is 4. The van der Waals surface area contributed by atoms with Gasteiger partial charge in [0, 0.05) is 11.6 Å². The van der Waals surface area contributed by atoms with E-state index in [-0.39, 0.29) is 5.91 Å². The predicted octanol–water partition coefficient (Wildman–Crippen LogP) is 2.37. The number of amides is 1. The first-order chi connectivity index (χ1) is 9.76. The SMILES string of the molecule is COc1ccc(-c2cc(C(=O)NC3CCC3)[nH]n2)cc1. The van der Waals surface area contributed by atoms with Gasteiger partial charge in [0.15, 0.2) is 0 Å². The minimum absolute atomic E-state index is 0.0815. The summed E-state index contributed by atoms with van der Waals surface area (Å²) in [7, 11) is 1.63. The standard InChI is InChI=1S/C15H17N3O2/c1-20-12-7-5-10(6-8-12)13-9-14(18-17-13)15(19)16-11-3-2-4-11/h5-9,11H,2-4H2,1H3,(H,16,19)(H,17,18). The van der Waals surface area contributed by atoms with E-state index in [1.54, 1.807) is 13.2 Å². The Hall–Kier alpha value is -2.30. The molecule has 0 saturated heterocycles. The van der Waals surface area contributed by atoms with Crippen molar-refractivity contribution in [1.29, 1.82) is 0 Å². The van der Waals surface area contributed by atoms with E-state index in [1.165, 1.54) is 6.42 Å². The van der Waals surface area contributed by atoms with Crippen molar-refractivity contribution >= 4 is 5.91 Å². The second kappa shape index (κ2) is 5.36. The van der Waals surface area contributed by atoms with Gasteiger partial charge in [0.25, 0.3) is 5.91 Å². The van der Waals surface area contributed by atoms with Gasteiger partial charge in [0.1, 0.15) is 11.4 Å². The number of methoxy groups -OCH3 is 1. The molecule has 5 nitrogen and oxygen atoms in total. The van der Waals surface area contributed by atoms with Crippen molar-refractivity contribution in [2.24, 2.45) is 0 Å². The van der Waals surface area contributed by atoms with Crippen LogP contribution in [-0.4, -0.2) is 29.3 Å². The number of carbonyl (C=O) groups excluding carboxylic acids is 1. The molecule has 1 saturated carbocycles. The quantitative estimate of drug-likeness (QED) is 0.897. The minimum Gasteiger partial charge on any atom is -0.497 e. The van der Waals surface area contributed by atoms with Crippen LogP contribution in [0, 0.1) is 0 Å². The topological polar surface area (TPSA) is 67.0 Å². The predicted molar refractivity (Wildman–Crippen MR) is 75.7 cm³/mol. The number of benzene rings is 1. The molecule has 1 amide bonds. The van der Waals surface area contributed by atoms with Gasteiger partial charge in [-0.1, -0.05) is 0 Å². The average molecular weight is 271 g/mol. The molecule has 3 rings (SSSR count). The second-order valence-electron chi connectivity index (χ2n) is 5.00. The lowest BCUT2D eigenvalue weighted by molar-refractivity contribution is 0.0912. The number of aromatic amines is 1. The lowest BCUT2D eigenvalue weighted by Gasteiger charge is -2.25. The summed E-state index contributed by atoms with van der Waals surface area (Å²) in [5.41, 5.74) is 2.21. The zero-order valence-corrected chi connectivity index (χ0v) is 11.3. The monoisotopic (exact) mass is 271 g/mol. The van der Waals surface area contributed by atoms with Crippen molar-refractivity contribution in [3.05, 3.63) is 36.0 Å². The number of nitrogens with one attached hydrogen (secondary N) is 2. The average Bonchev–Trinajstić information content (AvgIpc) is 2.92. The highest BCUT2D eigenvalue weighted by atomic mass is 16.5. The third kappa shape index (κ3) is 2.52. The molecule has 1 aliphatic carbocycles. The lowest BCUT2D eigenvalue weighted by Crippen LogP contribution is -2.39. The summed E-state index contributed by atoms with van der Waals surface area (Å²) < 4.78 is 5.12. The van der Waals surface area contributed by atoms with E-state index in [0.717, 1.165) is 29.8 Å². The fourth-order valence-corrected chi connectivity index (χ4v) is 2.16. The summed E-state index contributed by atoms with van der Waals surface area (Å²) in [6.45, 7) is 0. The van der Waals surface area contributed by atoms with Crippen LogP contribution in [0.15, 0.2) is 30.3 Å². The fourth-order valence-electron chi connectivity index (χ4n) is 2.16. The number of hydrogen-bond acceptors (Lipinski definition) is 3. The van der Waals surface area contributed by atoms with Crippen LogP contribution in [0.3, 0.4) is 0 Å². The van der Waals surface area contributed by atoms with Crippen LogP contribution in [0.5, 0.6) is 5.75 Å². The molecule has 20 heavy (non-hydrogen) atoms. The van der Waals surface area contributed by atoms with Gasteiger partial charge in [-0.3, -0.25) is 9.89 Å². The van der Waals surface area contributed by atoms with E-state index in [0.29, 0.717) is 11.7 Å². The first-order valence-corrected chi connectivity index (χ1v) is 6.77. The third-order valence-electron chi connectivity index (χ3n) is 3.65.